The third kappa shape index (κ3) is 2.96. The van der Waals surface area contributed by atoms with Crippen LogP contribution in [0.5, 0.6) is 0 Å². The van der Waals surface area contributed by atoms with Crippen LogP contribution in [0.1, 0.15) is 51.9 Å². The Bertz CT molecular complexity index is 362. The number of hydrogen-bond donors (Lipinski definition) is 1. The Hall–Kier alpha value is -1.39. The fourth-order valence-electron chi connectivity index (χ4n) is 3.22. The van der Waals surface area contributed by atoms with E-state index >= 15 is 0 Å². The van der Waals surface area contributed by atoms with E-state index in [0.29, 0.717) is 6.29 Å². The zero-order valence-electron chi connectivity index (χ0n) is 11.4. The summed E-state index contributed by atoms with van der Waals surface area (Å²) in [5.41, 5.74) is 0. The van der Waals surface area contributed by atoms with Crippen molar-refractivity contribution >= 4 is 18.2 Å². The molecule has 0 aromatic carbocycles. The summed E-state index contributed by atoms with van der Waals surface area (Å²) in [4.78, 5) is 36.4. The van der Waals surface area contributed by atoms with Crippen LogP contribution in [0, 0.1) is 5.92 Å². The molecule has 2 fully saturated rings. The third-order valence-electron chi connectivity index (χ3n) is 4.34. The Kier molecular flexibility index (Phi) is 4.56. The van der Waals surface area contributed by atoms with Crippen LogP contribution in [0.4, 0.5) is 4.79 Å². The molecule has 0 bridgehead atoms. The molecule has 1 saturated heterocycles. The maximum Gasteiger partial charge on any atom is 0.324 e. The Morgan fingerprint density at radius 1 is 1.11 bits per heavy atom. The highest BCUT2D eigenvalue weighted by Crippen LogP contribution is 2.26. The van der Waals surface area contributed by atoms with Crippen LogP contribution in [-0.2, 0) is 9.59 Å². The minimum Gasteiger partial charge on any atom is -0.318 e. The average Bonchev–Trinajstić information content (AvgIpc) is 2.31. The standard InChI is InChI=1S/C14H22N2O3/c1-10-12(9-17)13(18)15-14(19)16(10)11-7-5-3-2-4-6-8-11/h9-12H,2-8H2,1H3,(H,15,18,19). The minimum absolute atomic E-state index is 0.158. The van der Waals surface area contributed by atoms with Crippen LogP contribution in [-0.4, -0.2) is 35.2 Å². The van der Waals surface area contributed by atoms with Crippen LogP contribution in [0.2, 0.25) is 0 Å². The van der Waals surface area contributed by atoms with Crippen molar-refractivity contribution in [2.45, 2.75) is 64.0 Å². The van der Waals surface area contributed by atoms with E-state index in [1.807, 2.05) is 0 Å². The van der Waals surface area contributed by atoms with Gasteiger partial charge in [0.25, 0.3) is 0 Å². The van der Waals surface area contributed by atoms with E-state index in [1.165, 1.54) is 19.3 Å². The van der Waals surface area contributed by atoms with E-state index in [0.717, 1.165) is 25.7 Å². The molecule has 2 rings (SSSR count). The van der Waals surface area contributed by atoms with Crippen molar-refractivity contribution in [1.29, 1.82) is 0 Å². The van der Waals surface area contributed by atoms with Crippen molar-refractivity contribution in [2.24, 2.45) is 5.92 Å². The number of hydrogen-bond acceptors (Lipinski definition) is 3. The second kappa shape index (κ2) is 6.17. The van der Waals surface area contributed by atoms with Gasteiger partial charge in [-0.2, -0.15) is 0 Å². The lowest BCUT2D eigenvalue weighted by molar-refractivity contribution is -0.132. The second-order valence-electron chi connectivity index (χ2n) is 5.60. The Balaban J connectivity index is 2.13. The number of urea groups is 1. The summed E-state index contributed by atoms with van der Waals surface area (Å²) in [6.07, 6.45) is 8.50. The number of nitrogens with zero attached hydrogens (tertiary/aromatic N) is 1. The summed E-state index contributed by atoms with van der Waals surface area (Å²) < 4.78 is 0. The average molecular weight is 266 g/mol. The predicted octanol–water partition coefficient (Wildman–Crippen LogP) is 1.85. The van der Waals surface area contributed by atoms with Crippen LogP contribution in [0.25, 0.3) is 0 Å². The van der Waals surface area contributed by atoms with E-state index in [2.05, 4.69) is 5.32 Å². The zero-order chi connectivity index (χ0) is 13.8. The van der Waals surface area contributed by atoms with Crippen molar-refractivity contribution in [1.82, 2.24) is 10.2 Å². The van der Waals surface area contributed by atoms with Crippen molar-refractivity contribution in [3.63, 3.8) is 0 Å². The fraction of sp³-hybridized carbons (Fsp3) is 0.786. The molecule has 2 atom stereocenters. The molecular formula is C14H22N2O3. The van der Waals surface area contributed by atoms with E-state index in [4.69, 9.17) is 0 Å². The zero-order valence-corrected chi connectivity index (χ0v) is 11.4. The summed E-state index contributed by atoms with van der Waals surface area (Å²) in [5, 5.41) is 2.31. The van der Waals surface area contributed by atoms with E-state index in [9.17, 15) is 14.4 Å². The van der Waals surface area contributed by atoms with Gasteiger partial charge < -0.3 is 9.69 Å². The molecule has 5 nitrogen and oxygen atoms in total. The molecule has 19 heavy (non-hydrogen) atoms. The summed E-state index contributed by atoms with van der Waals surface area (Å²) in [5.74, 6) is -1.20. The molecule has 2 aliphatic rings. The van der Waals surface area contributed by atoms with Crippen LogP contribution in [0.3, 0.4) is 0 Å². The monoisotopic (exact) mass is 266 g/mol. The smallest absolute Gasteiger partial charge is 0.318 e. The molecule has 1 aliphatic heterocycles. The van der Waals surface area contributed by atoms with Crippen molar-refractivity contribution in [3.8, 4) is 0 Å². The second-order valence-corrected chi connectivity index (χ2v) is 5.60. The van der Waals surface area contributed by atoms with Gasteiger partial charge in [-0.05, 0) is 19.8 Å². The van der Waals surface area contributed by atoms with Gasteiger partial charge in [0.05, 0.1) is 0 Å². The van der Waals surface area contributed by atoms with Gasteiger partial charge in [-0.15, -0.1) is 0 Å². The number of aldehydes is 1. The largest absolute Gasteiger partial charge is 0.324 e. The third-order valence-corrected chi connectivity index (χ3v) is 4.34. The van der Waals surface area contributed by atoms with Gasteiger partial charge in [0.15, 0.2) is 0 Å². The maximum atomic E-state index is 12.1. The van der Waals surface area contributed by atoms with E-state index in [-0.39, 0.29) is 18.1 Å². The topological polar surface area (TPSA) is 66.5 Å². The lowest BCUT2D eigenvalue weighted by atomic mass is 9.91. The Morgan fingerprint density at radius 2 is 1.68 bits per heavy atom. The van der Waals surface area contributed by atoms with Gasteiger partial charge in [0.1, 0.15) is 12.2 Å². The fourth-order valence-corrected chi connectivity index (χ4v) is 3.22. The highest BCUT2D eigenvalue weighted by atomic mass is 16.2. The van der Waals surface area contributed by atoms with E-state index in [1.54, 1.807) is 11.8 Å². The number of imide groups is 1. The van der Waals surface area contributed by atoms with Gasteiger partial charge in [-0.25, -0.2) is 4.79 Å². The molecule has 1 aliphatic carbocycles. The number of carbonyl (C=O) groups is 3. The quantitative estimate of drug-likeness (QED) is 0.612. The molecule has 0 aromatic heterocycles. The van der Waals surface area contributed by atoms with Crippen molar-refractivity contribution in [2.75, 3.05) is 0 Å². The predicted molar refractivity (Wildman–Crippen MR) is 70.5 cm³/mol. The molecular weight excluding hydrogens is 244 g/mol. The first-order valence-corrected chi connectivity index (χ1v) is 7.23. The SMILES string of the molecule is CC1C(C=O)C(=O)NC(=O)N1C1CCCCCCC1. The Labute approximate surface area is 113 Å². The lowest BCUT2D eigenvalue weighted by Crippen LogP contribution is -2.62. The van der Waals surface area contributed by atoms with Crippen LogP contribution >= 0.6 is 0 Å². The highest BCUT2D eigenvalue weighted by molar-refractivity contribution is 6.04. The molecule has 0 spiro atoms. The molecule has 1 saturated carbocycles. The maximum absolute atomic E-state index is 12.1. The number of rotatable bonds is 2. The van der Waals surface area contributed by atoms with Gasteiger partial charge in [0.2, 0.25) is 5.91 Å². The number of carbonyl (C=O) groups excluding carboxylic acids is 3. The molecule has 0 radical (unpaired) electrons. The van der Waals surface area contributed by atoms with Gasteiger partial charge >= 0.3 is 6.03 Å². The van der Waals surface area contributed by atoms with Gasteiger partial charge in [-0.3, -0.25) is 10.1 Å². The minimum atomic E-state index is -0.733. The molecule has 3 amide bonds. The molecule has 2 unspecified atom stereocenters. The summed E-state index contributed by atoms with van der Waals surface area (Å²) in [7, 11) is 0. The number of nitrogens with one attached hydrogen (secondary N) is 1. The summed E-state index contributed by atoms with van der Waals surface area (Å²) >= 11 is 0. The Morgan fingerprint density at radius 3 is 2.26 bits per heavy atom. The number of amides is 3. The lowest BCUT2D eigenvalue weighted by Gasteiger charge is -2.42. The molecule has 0 aromatic rings. The van der Waals surface area contributed by atoms with Crippen LogP contribution < -0.4 is 5.32 Å². The van der Waals surface area contributed by atoms with Gasteiger partial charge in [-0.1, -0.05) is 32.1 Å². The molecule has 1 N–H and O–H groups in total. The first-order valence-electron chi connectivity index (χ1n) is 7.23. The van der Waals surface area contributed by atoms with Crippen molar-refractivity contribution < 1.29 is 14.4 Å². The van der Waals surface area contributed by atoms with E-state index < -0.39 is 11.8 Å². The first kappa shape index (κ1) is 14.0. The highest BCUT2D eigenvalue weighted by Gasteiger charge is 2.41. The first-order chi connectivity index (χ1) is 9.15. The molecule has 106 valence electrons. The van der Waals surface area contributed by atoms with Crippen LogP contribution in [0.15, 0.2) is 0 Å². The summed E-state index contributed by atoms with van der Waals surface area (Å²) in [6.45, 7) is 1.80. The normalized spacial score (nSPS) is 30.5. The van der Waals surface area contributed by atoms with Crippen molar-refractivity contribution in [3.05, 3.63) is 0 Å². The van der Waals surface area contributed by atoms with Gasteiger partial charge in [0, 0.05) is 12.1 Å². The molecule has 1 heterocycles. The molecule has 5 heteroatoms. The summed E-state index contributed by atoms with van der Waals surface area (Å²) in [6, 6.07) is -0.504.